The van der Waals surface area contributed by atoms with E-state index >= 15 is 0 Å². The highest BCUT2D eigenvalue weighted by Gasteiger charge is 2.19. The van der Waals surface area contributed by atoms with Crippen LogP contribution in [0.15, 0.2) is 15.6 Å². The van der Waals surface area contributed by atoms with E-state index < -0.39 is 0 Å². The Morgan fingerprint density at radius 2 is 1.92 bits per heavy atom. The molecule has 0 radical (unpaired) electrons. The number of unbranched alkanes of at least 4 members (excludes halogenated alkanes) is 1. The molecule has 1 saturated heterocycles. The fraction of sp³-hybridized carbons (Fsp3) is 0.789. The monoisotopic (exact) mass is 364 g/mol. The van der Waals surface area contributed by atoms with Crippen molar-refractivity contribution in [2.24, 2.45) is 4.99 Å². The average Bonchev–Trinajstić information content (AvgIpc) is 3.08. The van der Waals surface area contributed by atoms with Gasteiger partial charge in [0.15, 0.2) is 5.96 Å². The van der Waals surface area contributed by atoms with E-state index in [4.69, 9.17) is 4.42 Å². The predicted molar refractivity (Wildman–Crippen MR) is 107 cm³/mol. The van der Waals surface area contributed by atoms with Crippen molar-refractivity contribution in [3.05, 3.63) is 17.8 Å². The van der Waals surface area contributed by atoms with Crippen molar-refractivity contribution in [2.75, 3.05) is 53.4 Å². The molecule has 0 unspecified atom stereocenters. The van der Waals surface area contributed by atoms with Crippen LogP contribution in [-0.2, 0) is 12.0 Å². The SMILES string of the molecule is CN=C(NCCCCN1CCN(C)CC1)NCc1ncc(C(C)(C)C)o1. The van der Waals surface area contributed by atoms with Crippen LogP contribution >= 0.6 is 0 Å². The molecule has 0 aliphatic carbocycles. The number of hydrogen-bond acceptors (Lipinski definition) is 5. The highest BCUT2D eigenvalue weighted by Crippen LogP contribution is 2.22. The number of piperazine rings is 1. The first kappa shape index (κ1) is 20.7. The Morgan fingerprint density at radius 3 is 2.54 bits per heavy atom. The smallest absolute Gasteiger partial charge is 0.213 e. The molecule has 7 heteroatoms. The summed E-state index contributed by atoms with van der Waals surface area (Å²) in [5, 5.41) is 6.63. The fourth-order valence-corrected chi connectivity index (χ4v) is 2.86. The van der Waals surface area contributed by atoms with Crippen LogP contribution in [0.25, 0.3) is 0 Å². The molecule has 0 bridgehead atoms. The number of oxazole rings is 1. The molecule has 26 heavy (non-hydrogen) atoms. The maximum absolute atomic E-state index is 5.80. The molecule has 1 aliphatic heterocycles. The van der Waals surface area contributed by atoms with Crippen molar-refractivity contribution in [1.82, 2.24) is 25.4 Å². The van der Waals surface area contributed by atoms with Crippen LogP contribution in [0, 0.1) is 0 Å². The van der Waals surface area contributed by atoms with Crippen molar-refractivity contribution in [3.8, 4) is 0 Å². The average molecular weight is 365 g/mol. The van der Waals surface area contributed by atoms with Gasteiger partial charge < -0.3 is 24.9 Å². The quantitative estimate of drug-likeness (QED) is 0.436. The van der Waals surface area contributed by atoms with Crippen LogP contribution in [-0.4, -0.2) is 74.1 Å². The molecule has 2 N–H and O–H groups in total. The van der Waals surface area contributed by atoms with E-state index in [1.54, 1.807) is 7.05 Å². The molecule has 0 aromatic carbocycles. The van der Waals surface area contributed by atoms with Gasteiger partial charge in [-0.2, -0.15) is 0 Å². The second-order valence-electron chi connectivity index (χ2n) is 8.07. The molecule has 0 amide bonds. The van der Waals surface area contributed by atoms with Gasteiger partial charge in [-0.3, -0.25) is 4.99 Å². The molecular formula is C19H36N6O. The molecule has 1 aliphatic rings. The minimum Gasteiger partial charge on any atom is -0.443 e. The van der Waals surface area contributed by atoms with E-state index in [0.29, 0.717) is 12.4 Å². The molecular weight excluding hydrogens is 328 g/mol. The van der Waals surface area contributed by atoms with Gasteiger partial charge in [0.2, 0.25) is 5.89 Å². The number of rotatable bonds is 7. The fourth-order valence-electron chi connectivity index (χ4n) is 2.86. The highest BCUT2D eigenvalue weighted by atomic mass is 16.4. The van der Waals surface area contributed by atoms with Gasteiger partial charge in [-0.25, -0.2) is 4.98 Å². The first-order valence-corrected chi connectivity index (χ1v) is 9.69. The molecule has 1 aromatic heterocycles. The molecule has 0 saturated carbocycles. The van der Waals surface area contributed by atoms with Gasteiger partial charge in [-0.15, -0.1) is 0 Å². The number of nitrogens with one attached hydrogen (secondary N) is 2. The maximum Gasteiger partial charge on any atom is 0.213 e. The van der Waals surface area contributed by atoms with Crippen LogP contribution in [0.4, 0.5) is 0 Å². The number of likely N-dealkylation sites (N-methyl/N-ethyl adjacent to an activating group) is 1. The summed E-state index contributed by atoms with van der Waals surface area (Å²) in [4.78, 5) is 13.6. The van der Waals surface area contributed by atoms with E-state index in [-0.39, 0.29) is 5.41 Å². The van der Waals surface area contributed by atoms with Gasteiger partial charge in [-0.05, 0) is 26.4 Å². The Labute approximate surface area is 158 Å². The van der Waals surface area contributed by atoms with Crippen LogP contribution in [0.3, 0.4) is 0 Å². The third-order valence-corrected chi connectivity index (χ3v) is 4.71. The normalized spacial score (nSPS) is 17.5. The maximum atomic E-state index is 5.80. The number of nitrogens with zero attached hydrogens (tertiary/aromatic N) is 4. The standard InChI is InChI=1S/C19H36N6O/c1-19(2,3)16-14-22-17(26-16)15-23-18(20-4)21-8-6-7-9-25-12-10-24(5)11-13-25/h14H,6-13,15H2,1-5H3,(H2,20,21,23). The molecule has 0 spiro atoms. The Kier molecular flexibility index (Phi) is 7.90. The van der Waals surface area contributed by atoms with Gasteiger partial charge in [-0.1, -0.05) is 20.8 Å². The predicted octanol–water partition coefficient (Wildman–Crippen LogP) is 1.66. The molecule has 0 atom stereocenters. The highest BCUT2D eigenvalue weighted by molar-refractivity contribution is 5.79. The summed E-state index contributed by atoms with van der Waals surface area (Å²) in [6.45, 7) is 13.8. The summed E-state index contributed by atoms with van der Waals surface area (Å²) in [5.74, 6) is 2.38. The van der Waals surface area contributed by atoms with Gasteiger partial charge in [0.1, 0.15) is 5.76 Å². The Hall–Kier alpha value is -1.60. The minimum absolute atomic E-state index is 0.0189. The summed E-state index contributed by atoms with van der Waals surface area (Å²) >= 11 is 0. The van der Waals surface area contributed by atoms with Crippen LogP contribution < -0.4 is 10.6 Å². The van der Waals surface area contributed by atoms with Gasteiger partial charge in [0, 0.05) is 45.2 Å². The summed E-state index contributed by atoms with van der Waals surface area (Å²) < 4.78 is 5.80. The molecule has 2 rings (SSSR count). The first-order chi connectivity index (χ1) is 12.4. The zero-order valence-electron chi connectivity index (χ0n) is 17.1. The van der Waals surface area contributed by atoms with E-state index in [0.717, 1.165) is 24.7 Å². The Balaban J connectivity index is 1.60. The summed E-state index contributed by atoms with van der Waals surface area (Å²) in [5.41, 5.74) is -0.0189. The zero-order chi connectivity index (χ0) is 19.0. The number of guanidine groups is 1. The number of hydrogen-bond donors (Lipinski definition) is 2. The topological polar surface area (TPSA) is 68.9 Å². The van der Waals surface area contributed by atoms with Crippen LogP contribution in [0.2, 0.25) is 0 Å². The van der Waals surface area contributed by atoms with Crippen molar-refractivity contribution in [3.63, 3.8) is 0 Å². The van der Waals surface area contributed by atoms with Crippen molar-refractivity contribution >= 4 is 5.96 Å². The second kappa shape index (κ2) is 9.92. The van der Waals surface area contributed by atoms with Gasteiger partial charge in [0.25, 0.3) is 0 Å². The zero-order valence-corrected chi connectivity index (χ0v) is 17.1. The van der Waals surface area contributed by atoms with Crippen molar-refractivity contribution in [2.45, 2.75) is 45.6 Å². The third-order valence-electron chi connectivity index (χ3n) is 4.71. The van der Waals surface area contributed by atoms with Crippen LogP contribution in [0.1, 0.15) is 45.3 Å². The summed E-state index contributed by atoms with van der Waals surface area (Å²) in [6.07, 6.45) is 4.16. The molecule has 1 fully saturated rings. The Bertz CT molecular complexity index is 555. The number of aliphatic imine (C=N–C) groups is 1. The lowest BCUT2D eigenvalue weighted by molar-refractivity contribution is 0.152. The lowest BCUT2D eigenvalue weighted by Crippen LogP contribution is -2.44. The molecule has 7 nitrogen and oxygen atoms in total. The minimum atomic E-state index is -0.0189. The van der Waals surface area contributed by atoms with Gasteiger partial charge >= 0.3 is 0 Å². The number of aromatic nitrogens is 1. The van der Waals surface area contributed by atoms with Crippen molar-refractivity contribution < 1.29 is 4.42 Å². The van der Waals surface area contributed by atoms with E-state index in [1.165, 1.54) is 39.1 Å². The lowest BCUT2D eigenvalue weighted by atomic mass is 9.94. The second-order valence-corrected chi connectivity index (χ2v) is 8.07. The van der Waals surface area contributed by atoms with Gasteiger partial charge in [0.05, 0.1) is 12.7 Å². The Morgan fingerprint density at radius 1 is 1.19 bits per heavy atom. The largest absolute Gasteiger partial charge is 0.443 e. The molecule has 1 aromatic rings. The molecule has 2 heterocycles. The molecule has 148 valence electrons. The first-order valence-electron chi connectivity index (χ1n) is 9.69. The summed E-state index contributed by atoms with van der Waals surface area (Å²) in [6, 6.07) is 0. The van der Waals surface area contributed by atoms with Crippen molar-refractivity contribution in [1.29, 1.82) is 0 Å². The summed E-state index contributed by atoms with van der Waals surface area (Å²) in [7, 11) is 3.98. The van der Waals surface area contributed by atoms with Crippen LogP contribution in [0.5, 0.6) is 0 Å². The van der Waals surface area contributed by atoms with E-state index in [9.17, 15) is 0 Å². The lowest BCUT2D eigenvalue weighted by Gasteiger charge is -2.32. The van der Waals surface area contributed by atoms with E-state index in [1.807, 2.05) is 6.20 Å². The van der Waals surface area contributed by atoms with E-state index in [2.05, 4.69) is 58.2 Å². The third kappa shape index (κ3) is 6.96.